The summed E-state index contributed by atoms with van der Waals surface area (Å²) in [4.78, 5) is 5.36. The Hall–Kier alpha value is -0.160. The highest BCUT2D eigenvalue weighted by Crippen LogP contribution is 2.22. The van der Waals surface area contributed by atoms with Crippen molar-refractivity contribution in [2.24, 2.45) is 0 Å². The molecule has 3 atom stereocenters. The third-order valence-corrected chi connectivity index (χ3v) is 4.91. The SMILES string of the molecule is CC1CCC(N2CCC(N3CCOCC3)C2)CN1. The van der Waals surface area contributed by atoms with E-state index in [0.29, 0.717) is 0 Å². The maximum Gasteiger partial charge on any atom is 0.0594 e. The Labute approximate surface area is 111 Å². The zero-order valence-corrected chi connectivity index (χ0v) is 11.6. The molecule has 0 bridgehead atoms. The van der Waals surface area contributed by atoms with Crippen molar-refractivity contribution in [1.29, 1.82) is 0 Å². The second-order valence-electron chi connectivity index (χ2n) is 6.13. The van der Waals surface area contributed by atoms with Crippen LogP contribution in [-0.4, -0.2) is 73.9 Å². The van der Waals surface area contributed by atoms with Crippen molar-refractivity contribution in [2.45, 2.75) is 44.3 Å². The van der Waals surface area contributed by atoms with Crippen molar-refractivity contribution in [3.63, 3.8) is 0 Å². The Balaban J connectivity index is 1.48. The van der Waals surface area contributed by atoms with E-state index in [0.717, 1.165) is 44.4 Å². The number of likely N-dealkylation sites (tertiary alicyclic amines) is 1. The maximum atomic E-state index is 5.45. The molecule has 3 saturated heterocycles. The van der Waals surface area contributed by atoms with E-state index in [9.17, 15) is 0 Å². The number of rotatable bonds is 2. The summed E-state index contributed by atoms with van der Waals surface area (Å²) in [6.07, 6.45) is 4.07. The number of ether oxygens (including phenoxy) is 1. The molecule has 3 rings (SSSR count). The molecular formula is C14H27N3O. The van der Waals surface area contributed by atoms with Crippen molar-refractivity contribution in [3.05, 3.63) is 0 Å². The molecular weight excluding hydrogens is 226 g/mol. The highest BCUT2D eigenvalue weighted by Gasteiger charge is 2.33. The van der Waals surface area contributed by atoms with Crippen LogP contribution < -0.4 is 5.32 Å². The van der Waals surface area contributed by atoms with Crippen LogP contribution in [0.3, 0.4) is 0 Å². The topological polar surface area (TPSA) is 27.7 Å². The van der Waals surface area contributed by atoms with Gasteiger partial charge in [0.1, 0.15) is 0 Å². The molecule has 0 aromatic rings. The molecule has 0 radical (unpaired) electrons. The minimum Gasteiger partial charge on any atom is -0.379 e. The molecule has 1 N–H and O–H groups in total. The molecule has 0 aliphatic carbocycles. The number of piperidine rings is 1. The van der Waals surface area contributed by atoms with Gasteiger partial charge in [0.05, 0.1) is 13.2 Å². The molecule has 0 amide bonds. The molecule has 3 fully saturated rings. The van der Waals surface area contributed by atoms with Crippen LogP contribution in [0.15, 0.2) is 0 Å². The van der Waals surface area contributed by atoms with Crippen LogP contribution in [0.1, 0.15) is 26.2 Å². The van der Waals surface area contributed by atoms with E-state index >= 15 is 0 Å². The molecule has 4 heteroatoms. The summed E-state index contributed by atoms with van der Waals surface area (Å²) in [6, 6.07) is 2.29. The fraction of sp³-hybridized carbons (Fsp3) is 1.00. The van der Waals surface area contributed by atoms with Crippen LogP contribution in [0.2, 0.25) is 0 Å². The summed E-state index contributed by atoms with van der Waals surface area (Å²) < 4.78 is 5.45. The smallest absolute Gasteiger partial charge is 0.0594 e. The Morgan fingerprint density at radius 2 is 1.78 bits per heavy atom. The first kappa shape index (κ1) is 12.9. The van der Waals surface area contributed by atoms with Gasteiger partial charge in [-0.3, -0.25) is 9.80 Å². The Morgan fingerprint density at radius 3 is 2.50 bits per heavy atom. The van der Waals surface area contributed by atoms with Gasteiger partial charge in [-0.05, 0) is 26.2 Å². The summed E-state index contributed by atoms with van der Waals surface area (Å²) in [5, 5.41) is 3.63. The van der Waals surface area contributed by atoms with Crippen molar-refractivity contribution in [1.82, 2.24) is 15.1 Å². The van der Waals surface area contributed by atoms with Gasteiger partial charge in [-0.25, -0.2) is 0 Å². The number of hydrogen-bond donors (Lipinski definition) is 1. The first-order chi connectivity index (χ1) is 8.83. The van der Waals surface area contributed by atoms with E-state index in [1.54, 1.807) is 0 Å². The Morgan fingerprint density at radius 1 is 0.944 bits per heavy atom. The minimum atomic E-state index is 0.721. The average molecular weight is 253 g/mol. The first-order valence-corrected chi connectivity index (χ1v) is 7.62. The van der Waals surface area contributed by atoms with Crippen molar-refractivity contribution < 1.29 is 4.74 Å². The minimum absolute atomic E-state index is 0.721. The van der Waals surface area contributed by atoms with Gasteiger partial charge in [0.2, 0.25) is 0 Å². The fourth-order valence-electron chi connectivity index (χ4n) is 3.64. The van der Waals surface area contributed by atoms with E-state index in [1.807, 2.05) is 0 Å². The van der Waals surface area contributed by atoms with E-state index in [1.165, 1.54) is 38.9 Å². The van der Waals surface area contributed by atoms with E-state index in [4.69, 9.17) is 4.74 Å². The monoisotopic (exact) mass is 253 g/mol. The lowest BCUT2D eigenvalue weighted by Crippen LogP contribution is -2.50. The summed E-state index contributed by atoms with van der Waals surface area (Å²) >= 11 is 0. The van der Waals surface area contributed by atoms with Crippen LogP contribution in [0, 0.1) is 0 Å². The Kier molecular flexibility index (Phi) is 4.19. The molecule has 4 nitrogen and oxygen atoms in total. The molecule has 3 heterocycles. The van der Waals surface area contributed by atoms with Crippen LogP contribution in [-0.2, 0) is 4.74 Å². The second-order valence-corrected chi connectivity index (χ2v) is 6.13. The number of nitrogens with one attached hydrogen (secondary N) is 1. The summed E-state index contributed by atoms with van der Waals surface area (Å²) in [5.74, 6) is 0. The van der Waals surface area contributed by atoms with Gasteiger partial charge in [0.25, 0.3) is 0 Å². The van der Waals surface area contributed by atoms with Crippen molar-refractivity contribution >= 4 is 0 Å². The van der Waals surface area contributed by atoms with E-state index in [2.05, 4.69) is 22.0 Å². The fourth-order valence-corrected chi connectivity index (χ4v) is 3.64. The van der Waals surface area contributed by atoms with Crippen LogP contribution >= 0.6 is 0 Å². The third kappa shape index (κ3) is 2.87. The Bertz CT molecular complexity index is 260. The molecule has 0 aromatic carbocycles. The highest BCUT2D eigenvalue weighted by atomic mass is 16.5. The van der Waals surface area contributed by atoms with Gasteiger partial charge in [0, 0.05) is 50.8 Å². The number of hydrogen-bond acceptors (Lipinski definition) is 4. The van der Waals surface area contributed by atoms with Gasteiger partial charge in [-0.1, -0.05) is 0 Å². The van der Waals surface area contributed by atoms with Gasteiger partial charge in [-0.2, -0.15) is 0 Å². The molecule has 0 aromatic heterocycles. The third-order valence-electron chi connectivity index (χ3n) is 4.91. The van der Waals surface area contributed by atoms with Crippen LogP contribution in [0.5, 0.6) is 0 Å². The van der Waals surface area contributed by atoms with Gasteiger partial charge in [0.15, 0.2) is 0 Å². The van der Waals surface area contributed by atoms with E-state index in [-0.39, 0.29) is 0 Å². The molecule has 3 unspecified atom stereocenters. The van der Waals surface area contributed by atoms with Gasteiger partial charge >= 0.3 is 0 Å². The number of nitrogens with zero attached hydrogens (tertiary/aromatic N) is 2. The lowest BCUT2D eigenvalue weighted by atomic mass is 10.0. The lowest BCUT2D eigenvalue weighted by Gasteiger charge is -2.36. The molecule has 0 saturated carbocycles. The maximum absolute atomic E-state index is 5.45. The molecule has 0 spiro atoms. The summed E-state index contributed by atoms with van der Waals surface area (Å²) in [6.45, 7) is 10.2. The van der Waals surface area contributed by atoms with Crippen molar-refractivity contribution in [2.75, 3.05) is 45.9 Å². The largest absolute Gasteiger partial charge is 0.379 e. The van der Waals surface area contributed by atoms with E-state index < -0.39 is 0 Å². The zero-order valence-electron chi connectivity index (χ0n) is 11.6. The molecule has 3 aliphatic heterocycles. The van der Waals surface area contributed by atoms with Crippen LogP contribution in [0.25, 0.3) is 0 Å². The first-order valence-electron chi connectivity index (χ1n) is 7.62. The molecule has 18 heavy (non-hydrogen) atoms. The molecule has 104 valence electrons. The second kappa shape index (κ2) is 5.87. The standard InChI is InChI=1S/C14H27N3O/c1-12-2-3-13(10-15-12)17-5-4-14(11-17)16-6-8-18-9-7-16/h12-15H,2-11H2,1H3. The highest BCUT2D eigenvalue weighted by molar-refractivity contribution is 4.90. The van der Waals surface area contributed by atoms with Crippen molar-refractivity contribution in [3.8, 4) is 0 Å². The average Bonchev–Trinajstić information content (AvgIpc) is 2.90. The predicted molar refractivity (Wildman–Crippen MR) is 72.9 cm³/mol. The molecule has 3 aliphatic rings. The summed E-state index contributed by atoms with van der Waals surface area (Å²) in [5.41, 5.74) is 0. The van der Waals surface area contributed by atoms with Gasteiger partial charge in [-0.15, -0.1) is 0 Å². The summed E-state index contributed by atoms with van der Waals surface area (Å²) in [7, 11) is 0. The predicted octanol–water partition coefficient (Wildman–Crippen LogP) is 0.533. The van der Waals surface area contributed by atoms with Gasteiger partial charge < -0.3 is 10.1 Å². The lowest BCUT2D eigenvalue weighted by molar-refractivity contribution is 0.0172. The quantitative estimate of drug-likeness (QED) is 0.777. The van der Waals surface area contributed by atoms with Crippen LogP contribution in [0.4, 0.5) is 0 Å². The zero-order chi connectivity index (χ0) is 12.4. The normalized spacial score (nSPS) is 40.2. The number of morpholine rings is 1.